The van der Waals surface area contributed by atoms with Gasteiger partial charge in [0.05, 0.1) is 16.7 Å². The molecular weight excluding hydrogens is 376 g/mol. The Morgan fingerprint density at radius 1 is 1.14 bits per heavy atom. The molecule has 5 rings (SSSR count). The van der Waals surface area contributed by atoms with Crippen LogP contribution in [0.5, 0.6) is 0 Å². The van der Waals surface area contributed by atoms with E-state index in [0.717, 1.165) is 60.2 Å². The fourth-order valence-electron chi connectivity index (χ4n) is 4.23. The van der Waals surface area contributed by atoms with Gasteiger partial charge in [0.25, 0.3) is 0 Å². The van der Waals surface area contributed by atoms with Crippen molar-refractivity contribution in [2.24, 2.45) is 0 Å². The van der Waals surface area contributed by atoms with E-state index in [9.17, 15) is 4.79 Å². The van der Waals surface area contributed by atoms with Gasteiger partial charge in [-0.25, -0.2) is 4.79 Å². The molecule has 0 radical (unpaired) electrons. The summed E-state index contributed by atoms with van der Waals surface area (Å²) in [6, 6.07) is 13.5. The summed E-state index contributed by atoms with van der Waals surface area (Å²) in [5.74, 6) is 0.398. The first-order valence-corrected chi connectivity index (χ1v) is 10.0. The van der Waals surface area contributed by atoms with Gasteiger partial charge < -0.3 is 14.4 Å². The van der Waals surface area contributed by atoms with Crippen LogP contribution in [-0.4, -0.2) is 39.2 Å². The van der Waals surface area contributed by atoms with Crippen LogP contribution in [0, 0.1) is 0 Å². The predicted molar refractivity (Wildman–Crippen MR) is 110 cm³/mol. The van der Waals surface area contributed by atoms with Crippen LogP contribution < -0.4 is 5.69 Å². The van der Waals surface area contributed by atoms with E-state index in [1.54, 1.807) is 0 Å². The van der Waals surface area contributed by atoms with Crippen molar-refractivity contribution in [1.82, 2.24) is 19.6 Å². The van der Waals surface area contributed by atoms with Crippen molar-refractivity contribution >= 4 is 33.6 Å². The van der Waals surface area contributed by atoms with Crippen molar-refractivity contribution in [3.8, 4) is 0 Å². The molecule has 1 aliphatic rings. The van der Waals surface area contributed by atoms with E-state index in [0.29, 0.717) is 17.5 Å². The average Bonchev–Trinajstić information content (AvgIpc) is 3.26. The molecule has 0 spiro atoms. The van der Waals surface area contributed by atoms with Gasteiger partial charge in [0.2, 0.25) is 0 Å². The number of hydrogen-bond acceptors (Lipinski definition) is 4. The topological polar surface area (TPSA) is 67.1 Å². The minimum Gasteiger partial charge on any atom is -0.356 e. The molecule has 0 bridgehead atoms. The minimum absolute atomic E-state index is 0.0381. The second kappa shape index (κ2) is 7.11. The molecule has 1 fully saturated rings. The molecule has 0 aliphatic carbocycles. The van der Waals surface area contributed by atoms with Crippen LogP contribution in [0.25, 0.3) is 22.0 Å². The fourth-order valence-corrected chi connectivity index (χ4v) is 4.39. The van der Waals surface area contributed by atoms with Crippen LogP contribution in [0.4, 0.5) is 0 Å². The summed E-state index contributed by atoms with van der Waals surface area (Å²) in [4.78, 5) is 17.6. The number of imidazole rings is 1. The van der Waals surface area contributed by atoms with E-state index in [1.165, 1.54) is 0 Å². The van der Waals surface area contributed by atoms with E-state index in [2.05, 4.69) is 15.0 Å². The van der Waals surface area contributed by atoms with E-state index in [-0.39, 0.29) is 5.69 Å². The number of piperidine rings is 1. The normalized spacial score (nSPS) is 16.3. The summed E-state index contributed by atoms with van der Waals surface area (Å²) >= 11 is 6.04. The number of aromatic amines is 1. The lowest BCUT2D eigenvalue weighted by Gasteiger charge is -2.31. The van der Waals surface area contributed by atoms with Crippen LogP contribution in [-0.2, 0) is 6.54 Å². The third-order valence-corrected chi connectivity index (χ3v) is 5.99. The van der Waals surface area contributed by atoms with Gasteiger partial charge in [0.15, 0.2) is 5.58 Å². The van der Waals surface area contributed by atoms with Crippen LogP contribution in [0.15, 0.2) is 51.8 Å². The highest BCUT2D eigenvalue weighted by atomic mass is 35.5. The number of H-pyrrole nitrogens is 1. The summed E-state index contributed by atoms with van der Waals surface area (Å²) in [6.07, 6.45) is 2.07. The lowest BCUT2D eigenvalue weighted by molar-refractivity contribution is 0.202. The number of fused-ring (bicyclic) bond motifs is 2. The van der Waals surface area contributed by atoms with Crippen molar-refractivity contribution in [2.45, 2.75) is 25.3 Å². The molecule has 7 heteroatoms. The molecule has 2 aromatic carbocycles. The van der Waals surface area contributed by atoms with Gasteiger partial charge in [0, 0.05) is 35.5 Å². The molecule has 1 aliphatic heterocycles. The highest BCUT2D eigenvalue weighted by molar-refractivity contribution is 6.31. The molecule has 144 valence electrons. The van der Waals surface area contributed by atoms with E-state index >= 15 is 0 Å². The number of rotatable bonds is 4. The summed E-state index contributed by atoms with van der Waals surface area (Å²) in [5.41, 5.74) is 3.62. The molecule has 6 nitrogen and oxygen atoms in total. The summed E-state index contributed by atoms with van der Waals surface area (Å²) < 4.78 is 7.30. The first kappa shape index (κ1) is 17.5. The zero-order valence-electron chi connectivity index (χ0n) is 15.4. The number of aromatic nitrogens is 3. The molecule has 0 atom stereocenters. The molecule has 0 saturated carbocycles. The van der Waals surface area contributed by atoms with Crippen molar-refractivity contribution in [2.75, 3.05) is 19.6 Å². The molecule has 3 heterocycles. The number of halogens is 1. The Morgan fingerprint density at radius 3 is 2.82 bits per heavy atom. The number of nitrogens with zero attached hydrogens (tertiary/aromatic N) is 3. The molecule has 1 N–H and O–H groups in total. The Hall–Kier alpha value is -2.57. The first-order valence-electron chi connectivity index (χ1n) is 9.64. The largest absolute Gasteiger partial charge is 0.356 e. The highest BCUT2D eigenvalue weighted by Gasteiger charge is 2.25. The molecule has 2 aromatic heterocycles. The van der Waals surface area contributed by atoms with Crippen LogP contribution in [0.3, 0.4) is 0 Å². The van der Waals surface area contributed by atoms with Gasteiger partial charge in [-0.3, -0.25) is 4.57 Å². The second-order valence-corrected chi connectivity index (χ2v) is 7.86. The van der Waals surface area contributed by atoms with Gasteiger partial charge >= 0.3 is 5.69 Å². The molecule has 0 amide bonds. The van der Waals surface area contributed by atoms with Crippen molar-refractivity contribution in [3.05, 3.63) is 63.7 Å². The second-order valence-electron chi connectivity index (χ2n) is 7.42. The SMILES string of the molecule is O=c1[nH]c2ccccc2n1CCN1CCC(c2noc3cc(Cl)ccc23)CC1. The van der Waals surface area contributed by atoms with Gasteiger partial charge in [0.1, 0.15) is 0 Å². The zero-order chi connectivity index (χ0) is 19.1. The highest BCUT2D eigenvalue weighted by Crippen LogP contribution is 2.33. The molecular formula is C21H21ClN4O2. The maximum Gasteiger partial charge on any atom is 0.326 e. The van der Waals surface area contributed by atoms with Gasteiger partial charge in [-0.1, -0.05) is 28.9 Å². The summed E-state index contributed by atoms with van der Waals surface area (Å²) in [7, 11) is 0. The Kier molecular flexibility index (Phi) is 4.45. The van der Waals surface area contributed by atoms with Crippen molar-refractivity contribution in [3.63, 3.8) is 0 Å². The molecule has 28 heavy (non-hydrogen) atoms. The van der Waals surface area contributed by atoms with Crippen LogP contribution >= 0.6 is 11.6 Å². The van der Waals surface area contributed by atoms with Gasteiger partial charge in [-0.15, -0.1) is 0 Å². The molecule has 1 saturated heterocycles. The third kappa shape index (κ3) is 3.12. The quantitative estimate of drug-likeness (QED) is 0.566. The number of nitrogens with one attached hydrogen (secondary N) is 1. The number of hydrogen-bond donors (Lipinski definition) is 1. The Labute approximate surface area is 166 Å². The van der Waals surface area contributed by atoms with E-state index in [1.807, 2.05) is 47.0 Å². The minimum atomic E-state index is -0.0381. The molecule has 0 unspecified atom stereocenters. The number of benzene rings is 2. The first-order chi connectivity index (χ1) is 13.7. The molecule has 4 aromatic rings. The maximum atomic E-state index is 12.2. The average molecular weight is 397 g/mol. The van der Waals surface area contributed by atoms with Gasteiger partial charge in [-0.05, 0) is 50.2 Å². The monoisotopic (exact) mass is 396 g/mol. The summed E-state index contributed by atoms with van der Waals surface area (Å²) in [5, 5.41) is 6.04. The standard InChI is InChI=1S/C21H21ClN4O2/c22-15-5-6-16-19(13-15)28-24-20(16)14-7-9-25(10-8-14)11-12-26-18-4-2-1-3-17(18)23-21(26)27/h1-6,13-14H,7-12H2,(H,23,27). The van der Waals surface area contributed by atoms with Crippen molar-refractivity contribution in [1.29, 1.82) is 0 Å². The van der Waals surface area contributed by atoms with Crippen LogP contribution in [0.2, 0.25) is 5.02 Å². The van der Waals surface area contributed by atoms with Gasteiger partial charge in [-0.2, -0.15) is 0 Å². The Bertz CT molecular complexity index is 1180. The number of para-hydroxylation sites is 2. The smallest absolute Gasteiger partial charge is 0.326 e. The van der Waals surface area contributed by atoms with Crippen LogP contribution in [0.1, 0.15) is 24.5 Å². The lowest BCUT2D eigenvalue weighted by Crippen LogP contribution is -2.36. The Balaban J connectivity index is 1.24. The van der Waals surface area contributed by atoms with Crippen molar-refractivity contribution < 1.29 is 4.52 Å². The maximum absolute atomic E-state index is 12.2. The predicted octanol–water partition coefficient (Wildman–Crippen LogP) is 4.00. The lowest BCUT2D eigenvalue weighted by atomic mass is 9.91. The Morgan fingerprint density at radius 2 is 1.96 bits per heavy atom. The number of likely N-dealkylation sites (tertiary alicyclic amines) is 1. The van der Waals surface area contributed by atoms with E-state index in [4.69, 9.17) is 16.1 Å². The fraction of sp³-hybridized carbons (Fsp3) is 0.333. The summed E-state index contributed by atoms with van der Waals surface area (Å²) in [6.45, 7) is 3.54. The zero-order valence-corrected chi connectivity index (χ0v) is 16.2. The van der Waals surface area contributed by atoms with E-state index < -0.39 is 0 Å². The third-order valence-electron chi connectivity index (χ3n) is 5.76.